The number of anilines is 1. The molecule has 0 radical (unpaired) electrons. The first-order valence-electron chi connectivity index (χ1n) is 14.5. The van der Waals surface area contributed by atoms with Gasteiger partial charge < -0.3 is 21.5 Å². The molecule has 0 aliphatic rings. The normalized spacial score (nSPS) is 13.1. The van der Waals surface area contributed by atoms with Gasteiger partial charge in [-0.05, 0) is 73.2 Å². The number of sulfonamides is 1. The molecule has 43 heavy (non-hydrogen) atoms. The molecule has 2 atom stereocenters. The van der Waals surface area contributed by atoms with Crippen LogP contribution in [-0.4, -0.2) is 66.4 Å². The van der Waals surface area contributed by atoms with Gasteiger partial charge in [0.25, 0.3) is 5.91 Å². The van der Waals surface area contributed by atoms with Crippen LogP contribution in [-0.2, 0) is 21.2 Å². The molecule has 2 aromatic carbocycles. The summed E-state index contributed by atoms with van der Waals surface area (Å²) in [5.74, 6) is -0.657. The van der Waals surface area contributed by atoms with Crippen LogP contribution in [0.2, 0.25) is 0 Å². The van der Waals surface area contributed by atoms with Crippen LogP contribution in [0, 0.1) is 12.8 Å². The number of carbonyl (C=O) groups excluding carboxylic acids is 2. The summed E-state index contributed by atoms with van der Waals surface area (Å²) in [6.07, 6.45) is 4.90. The topological polar surface area (TPSA) is 155 Å². The number of aliphatic hydroxyl groups excluding tert-OH is 1. The number of amides is 2. The molecular weight excluding hydrogens is 566 g/mol. The van der Waals surface area contributed by atoms with Gasteiger partial charge in [0.15, 0.2) is 0 Å². The van der Waals surface area contributed by atoms with Crippen molar-refractivity contribution in [1.82, 2.24) is 19.9 Å². The van der Waals surface area contributed by atoms with Crippen LogP contribution in [0.5, 0.6) is 0 Å². The van der Waals surface area contributed by atoms with Gasteiger partial charge in [-0.1, -0.05) is 44.5 Å². The lowest BCUT2D eigenvalue weighted by molar-refractivity contribution is -0.122. The number of unbranched alkanes of at least 4 members (excludes halogenated alkanes) is 1. The van der Waals surface area contributed by atoms with Crippen molar-refractivity contribution in [2.75, 3.05) is 25.4 Å². The summed E-state index contributed by atoms with van der Waals surface area (Å²) in [5, 5.41) is 15.9. The first-order chi connectivity index (χ1) is 20.5. The molecular formula is C32H43N5O5S. The number of hydrogen-bond donors (Lipinski definition) is 4. The van der Waals surface area contributed by atoms with Crippen LogP contribution in [0.4, 0.5) is 5.69 Å². The Morgan fingerprint density at radius 1 is 1.02 bits per heavy atom. The van der Waals surface area contributed by atoms with E-state index in [0.717, 1.165) is 11.1 Å². The van der Waals surface area contributed by atoms with Crippen molar-refractivity contribution in [2.45, 2.75) is 63.4 Å². The number of benzene rings is 2. The lowest BCUT2D eigenvalue weighted by Crippen LogP contribution is -2.48. The van der Waals surface area contributed by atoms with Crippen LogP contribution in [0.1, 0.15) is 54.6 Å². The van der Waals surface area contributed by atoms with E-state index in [1.165, 1.54) is 22.6 Å². The number of nitrogens with zero attached hydrogens (tertiary/aromatic N) is 2. The SMILES string of the molecule is Cc1ccccc1C[C@H](NC(=O)c1cccnc1)C(=O)NCCCC[C@@H](CO)N(CC(C)C)S(=O)(=O)c1ccc(N)cc1. The molecule has 1 aromatic heterocycles. The minimum atomic E-state index is -3.86. The number of nitrogen functional groups attached to an aromatic ring is 1. The highest BCUT2D eigenvalue weighted by molar-refractivity contribution is 7.89. The van der Waals surface area contributed by atoms with E-state index in [1.807, 2.05) is 45.0 Å². The summed E-state index contributed by atoms with van der Waals surface area (Å²) >= 11 is 0. The van der Waals surface area contributed by atoms with Crippen LogP contribution in [0.25, 0.3) is 0 Å². The van der Waals surface area contributed by atoms with E-state index in [-0.39, 0.29) is 35.8 Å². The number of aryl methyl sites for hydroxylation is 1. The zero-order valence-corrected chi connectivity index (χ0v) is 25.9. The Hall–Kier alpha value is -3.80. The summed E-state index contributed by atoms with van der Waals surface area (Å²) in [5.41, 5.74) is 8.54. The number of nitrogens with one attached hydrogen (secondary N) is 2. The van der Waals surface area contributed by atoms with Crippen molar-refractivity contribution in [3.63, 3.8) is 0 Å². The molecule has 1 heterocycles. The monoisotopic (exact) mass is 609 g/mol. The smallest absolute Gasteiger partial charge is 0.253 e. The molecule has 11 heteroatoms. The third-order valence-electron chi connectivity index (χ3n) is 7.14. The van der Waals surface area contributed by atoms with Crippen molar-refractivity contribution in [2.24, 2.45) is 5.92 Å². The summed E-state index contributed by atoms with van der Waals surface area (Å²) < 4.78 is 28.3. The predicted octanol–water partition coefficient (Wildman–Crippen LogP) is 3.31. The molecule has 0 bridgehead atoms. The molecule has 2 amide bonds. The Balaban J connectivity index is 1.62. The minimum absolute atomic E-state index is 0.0453. The van der Waals surface area contributed by atoms with Crippen molar-refractivity contribution >= 4 is 27.5 Å². The van der Waals surface area contributed by atoms with Crippen molar-refractivity contribution in [1.29, 1.82) is 0 Å². The Morgan fingerprint density at radius 3 is 2.37 bits per heavy atom. The maximum absolute atomic E-state index is 13.5. The average Bonchev–Trinajstić information content (AvgIpc) is 2.99. The Morgan fingerprint density at radius 2 is 1.74 bits per heavy atom. The van der Waals surface area contributed by atoms with E-state index in [0.29, 0.717) is 43.5 Å². The summed E-state index contributed by atoms with van der Waals surface area (Å²) in [6, 6.07) is 15.6. The molecule has 0 saturated heterocycles. The van der Waals surface area contributed by atoms with Crippen LogP contribution < -0.4 is 16.4 Å². The molecule has 0 fully saturated rings. The maximum atomic E-state index is 13.5. The van der Waals surface area contributed by atoms with Gasteiger partial charge >= 0.3 is 0 Å². The van der Waals surface area contributed by atoms with Crippen LogP contribution in [0.15, 0.2) is 78.0 Å². The van der Waals surface area contributed by atoms with Crippen molar-refractivity contribution < 1.29 is 23.1 Å². The highest BCUT2D eigenvalue weighted by Gasteiger charge is 2.31. The molecule has 0 spiro atoms. The number of aromatic nitrogens is 1. The zero-order valence-electron chi connectivity index (χ0n) is 25.1. The van der Waals surface area contributed by atoms with E-state index in [1.54, 1.807) is 30.5 Å². The maximum Gasteiger partial charge on any atom is 0.253 e. The zero-order chi connectivity index (χ0) is 31.4. The van der Waals surface area contributed by atoms with Gasteiger partial charge in [-0.15, -0.1) is 0 Å². The molecule has 0 saturated carbocycles. The lowest BCUT2D eigenvalue weighted by atomic mass is 10.00. The molecule has 0 aliphatic carbocycles. The second kappa shape index (κ2) is 16.2. The summed E-state index contributed by atoms with van der Waals surface area (Å²) in [7, 11) is -3.86. The molecule has 232 valence electrons. The van der Waals surface area contributed by atoms with Gasteiger partial charge in [-0.2, -0.15) is 4.31 Å². The first kappa shape index (κ1) is 33.7. The Bertz CT molecular complexity index is 1430. The molecule has 5 N–H and O–H groups in total. The molecule has 10 nitrogen and oxygen atoms in total. The average molecular weight is 610 g/mol. The summed E-state index contributed by atoms with van der Waals surface area (Å²) in [4.78, 5) is 30.2. The first-order valence-corrected chi connectivity index (χ1v) is 16.0. The van der Waals surface area contributed by atoms with Gasteiger partial charge in [-0.3, -0.25) is 14.6 Å². The van der Waals surface area contributed by atoms with E-state index < -0.39 is 22.1 Å². The second-order valence-electron chi connectivity index (χ2n) is 11.1. The predicted molar refractivity (Wildman–Crippen MR) is 168 cm³/mol. The molecule has 3 rings (SSSR count). The fraction of sp³-hybridized carbons (Fsp3) is 0.406. The van der Waals surface area contributed by atoms with E-state index in [4.69, 9.17) is 5.73 Å². The Kier molecular flexibility index (Phi) is 12.7. The number of aliphatic hydroxyl groups is 1. The number of nitrogens with two attached hydrogens (primary N) is 1. The third-order valence-corrected chi connectivity index (χ3v) is 9.08. The number of rotatable bonds is 16. The third kappa shape index (κ3) is 9.87. The fourth-order valence-electron chi connectivity index (χ4n) is 4.75. The minimum Gasteiger partial charge on any atom is -0.399 e. The summed E-state index contributed by atoms with van der Waals surface area (Å²) in [6.45, 7) is 6.07. The molecule has 0 aliphatic heterocycles. The second-order valence-corrected chi connectivity index (χ2v) is 12.9. The number of pyridine rings is 1. The van der Waals surface area contributed by atoms with E-state index in [9.17, 15) is 23.1 Å². The fourth-order valence-corrected chi connectivity index (χ4v) is 6.56. The largest absolute Gasteiger partial charge is 0.399 e. The number of carbonyl (C=O) groups is 2. The van der Waals surface area contributed by atoms with Gasteiger partial charge in [0.05, 0.1) is 17.1 Å². The van der Waals surface area contributed by atoms with Gasteiger partial charge in [0.2, 0.25) is 15.9 Å². The highest BCUT2D eigenvalue weighted by Crippen LogP contribution is 2.23. The van der Waals surface area contributed by atoms with Crippen molar-refractivity contribution in [3.05, 3.63) is 89.7 Å². The molecule has 0 unspecified atom stereocenters. The number of hydrogen-bond acceptors (Lipinski definition) is 7. The van der Waals surface area contributed by atoms with E-state index in [2.05, 4.69) is 15.6 Å². The Labute approximate surface area is 254 Å². The van der Waals surface area contributed by atoms with Crippen molar-refractivity contribution in [3.8, 4) is 0 Å². The highest BCUT2D eigenvalue weighted by atomic mass is 32.2. The van der Waals surface area contributed by atoms with Crippen LogP contribution >= 0.6 is 0 Å². The quantitative estimate of drug-likeness (QED) is 0.143. The van der Waals surface area contributed by atoms with Crippen LogP contribution in [0.3, 0.4) is 0 Å². The van der Waals surface area contributed by atoms with Gasteiger partial charge in [0.1, 0.15) is 6.04 Å². The van der Waals surface area contributed by atoms with Gasteiger partial charge in [-0.25, -0.2) is 8.42 Å². The van der Waals surface area contributed by atoms with Gasteiger partial charge in [0, 0.05) is 43.6 Å². The van der Waals surface area contributed by atoms with E-state index >= 15 is 0 Å². The lowest BCUT2D eigenvalue weighted by Gasteiger charge is -2.31. The standard InChI is InChI=1S/C32H43N5O5S/c1-23(2)21-37(43(41,42)29-15-13-27(33)14-16-29)28(22-38)12-6-7-18-35-32(40)30(19-25-10-5-4-9-24(25)3)36-31(39)26-11-8-17-34-20-26/h4-5,8-11,13-17,20,23,28,30,38H,6-7,12,18-19,21-22,33H2,1-3H3,(H,35,40)(H,36,39)/t28-,30-/m0/s1. The molecule has 3 aromatic rings.